The Morgan fingerprint density at radius 3 is 2.00 bits per heavy atom. The van der Waals surface area contributed by atoms with Gasteiger partial charge < -0.3 is 0 Å². The molecule has 0 saturated heterocycles. The fourth-order valence-corrected chi connectivity index (χ4v) is 4.44. The summed E-state index contributed by atoms with van der Waals surface area (Å²) in [5.74, 6) is 0. The third-order valence-corrected chi connectivity index (χ3v) is 6.05. The molecular formula is C11H28N2Si. The molecule has 0 aromatic heterocycles. The van der Waals surface area contributed by atoms with Crippen molar-refractivity contribution in [1.29, 1.82) is 0 Å². The largest absolute Gasteiger partial charge is 0.297 e. The van der Waals surface area contributed by atoms with Gasteiger partial charge in [0.25, 0.3) is 0 Å². The summed E-state index contributed by atoms with van der Waals surface area (Å²) < 4.78 is 0. The van der Waals surface area contributed by atoms with Crippen LogP contribution in [0.2, 0.25) is 25.2 Å². The van der Waals surface area contributed by atoms with Gasteiger partial charge in [-0.1, -0.05) is 32.5 Å². The summed E-state index contributed by atoms with van der Waals surface area (Å²) in [7, 11) is 5.60. The van der Waals surface area contributed by atoms with Gasteiger partial charge in [-0.25, -0.2) is 0 Å². The van der Waals surface area contributed by atoms with Crippen LogP contribution < -0.4 is 0 Å². The number of hydrogen-bond acceptors (Lipinski definition) is 2. The second kappa shape index (κ2) is 6.59. The highest BCUT2D eigenvalue weighted by Gasteiger charge is 2.19. The maximum atomic E-state index is 2.51. The van der Waals surface area contributed by atoms with Crippen LogP contribution in [0.5, 0.6) is 0 Å². The monoisotopic (exact) mass is 216 g/mol. The fraction of sp³-hybridized carbons (Fsp3) is 1.00. The van der Waals surface area contributed by atoms with E-state index < -0.39 is 8.07 Å². The van der Waals surface area contributed by atoms with Gasteiger partial charge in [-0.2, -0.15) is 0 Å². The summed E-state index contributed by atoms with van der Waals surface area (Å²) in [6.45, 7) is 9.67. The molecule has 0 aromatic rings. The van der Waals surface area contributed by atoms with Crippen LogP contribution in [0.1, 0.15) is 13.3 Å². The summed E-state index contributed by atoms with van der Waals surface area (Å²) in [5, 5.41) is 0. The third kappa shape index (κ3) is 7.53. The van der Waals surface area contributed by atoms with Crippen molar-refractivity contribution in [3.8, 4) is 0 Å². The van der Waals surface area contributed by atoms with Crippen LogP contribution in [0.3, 0.4) is 0 Å². The minimum Gasteiger partial charge on any atom is -0.297 e. The van der Waals surface area contributed by atoms with E-state index in [9.17, 15) is 0 Å². The molecule has 0 bridgehead atoms. The summed E-state index contributed by atoms with van der Waals surface area (Å²) in [6, 6.07) is 2.91. The van der Waals surface area contributed by atoms with Gasteiger partial charge in [0, 0.05) is 14.7 Å². The van der Waals surface area contributed by atoms with E-state index in [2.05, 4.69) is 51.0 Å². The van der Waals surface area contributed by atoms with E-state index in [1.807, 2.05) is 0 Å². The molecule has 0 spiro atoms. The molecule has 0 atom stereocenters. The highest BCUT2D eigenvalue weighted by atomic mass is 28.3. The van der Waals surface area contributed by atoms with E-state index in [1.165, 1.54) is 25.1 Å². The Kier molecular flexibility index (Phi) is 6.65. The molecule has 0 aliphatic rings. The second-order valence-electron chi connectivity index (χ2n) is 5.46. The maximum Gasteiger partial charge on any atom is 0.0497 e. The lowest BCUT2D eigenvalue weighted by Gasteiger charge is -2.27. The molecule has 2 nitrogen and oxygen atoms in total. The first kappa shape index (κ1) is 14.1. The average Bonchev–Trinajstić information content (AvgIpc) is 2.00. The van der Waals surface area contributed by atoms with Gasteiger partial charge in [0.05, 0.1) is 0 Å². The minimum absolute atomic E-state index is 0.877. The Balaban J connectivity index is 3.69. The molecule has 86 valence electrons. The minimum atomic E-state index is -0.877. The molecule has 0 aliphatic carbocycles. The van der Waals surface area contributed by atoms with Gasteiger partial charge in [-0.15, -0.1) is 0 Å². The summed E-state index contributed by atoms with van der Waals surface area (Å²) in [4.78, 5) is 4.65. The topological polar surface area (TPSA) is 6.48 Å². The zero-order valence-corrected chi connectivity index (χ0v) is 11.9. The lowest BCUT2D eigenvalue weighted by Crippen LogP contribution is -2.35. The third-order valence-electron chi connectivity index (χ3n) is 2.62. The zero-order chi connectivity index (χ0) is 11.2. The highest BCUT2D eigenvalue weighted by Crippen LogP contribution is 2.17. The molecule has 3 heteroatoms. The average molecular weight is 216 g/mol. The first-order valence-electron chi connectivity index (χ1n) is 5.70. The van der Waals surface area contributed by atoms with E-state index in [4.69, 9.17) is 0 Å². The lowest BCUT2D eigenvalue weighted by atomic mass is 10.6. The quantitative estimate of drug-likeness (QED) is 0.477. The predicted molar refractivity (Wildman–Crippen MR) is 68.6 cm³/mol. The Bertz CT molecular complexity index is 146. The van der Waals surface area contributed by atoms with Crippen molar-refractivity contribution < 1.29 is 0 Å². The van der Waals surface area contributed by atoms with E-state index >= 15 is 0 Å². The van der Waals surface area contributed by atoms with Gasteiger partial charge in [-0.05, 0) is 33.7 Å². The SMILES string of the molecule is CCC[Si](C)(C)CCN(C)CN(C)C. The first-order valence-corrected chi connectivity index (χ1v) is 9.12. The Morgan fingerprint density at radius 1 is 1.00 bits per heavy atom. The summed E-state index contributed by atoms with van der Waals surface area (Å²) in [5.41, 5.74) is 0. The van der Waals surface area contributed by atoms with Gasteiger partial charge in [0.2, 0.25) is 0 Å². The molecule has 0 N–H and O–H groups in total. The van der Waals surface area contributed by atoms with Crippen LogP contribution >= 0.6 is 0 Å². The van der Waals surface area contributed by atoms with Crippen molar-refractivity contribution in [3.63, 3.8) is 0 Å². The van der Waals surface area contributed by atoms with Crippen LogP contribution in [0, 0.1) is 0 Å². The van der Waals surface area contributed by atoms with Crippen LogP contribution in [0.15, 0.2) is 0 Å². The van der Waals surface area contributed by atoms with Gasteiger partial charge in [-0.3, -0.25) is 9.80 Å². The van der Waals surface area contributed by atoms with Crippen LogP contribution in [-0.4, -0.2) is 52.2 Å². The van der Waals surface area contributed by atoms with Crippen molar-refractivity contribution in [2.75, 3.05) is 34.4 Å². The van der Waals surface area contributed by atoms with Crippen LogP contribution in [-0.2, 0) is 0 Å². The summed E-state index contributed by atoms with van der Waals surface area (Å²) >= 11 is 0. The van der Waals surface area contributed by atoms with E-state index in [1.54, 1.807) is 0 Å². The van der Waals surface area contributed by atoms with Crippen molar-refractivity contribution in [1.82, 2.24) is 9.80 Å². The molecule has 14 heavy (non-hydrogen) atoms. The van der Waals surface area contributed by atoms with E-state index in [-0.39, 0.29) is 0 Å². The molecule has 0 amide bonds. The Morgan fingerprint density at radius 2 is 1.57 bits per heavy atom. The summed E-state index contributed by atoms with van der Waals surface area (Å²) in [6.07, 6.45) is 1.36. The van der Waals surface area contributed by atoms with Gasteiger partial charge >= 0.3 is 0 Å². The molecule has 0 rings (SSSR count). The first-order chi connectivity index (χ1) is 6.37. The number of rotatable bonds is 7. The number of hydrogen-bond donors (Lipinski definition) is 0. The van der Waals surface area contributed by atoms with Gasteiger partial charge in [0.15, 0.2) is 0 Å². The normalized spacial score (nSPS) is 12.9. The van der Waals surface area contributed by atoms with Gasteiger partial charge in [0.1, 0.15) is 0 Å². The molecular weight excluding hydrogens is 188 g/mol. The fourth-order valence-electron chi connectivity index (χ4n) is 1.85. The molecule has 0 radical (unpaired) electrons. The van der Waals surface area contributed by atoms with Crippen molar-refractivity contribution in [2.24, 2.45) is 0 Å². The smallest absolute Gasteiger partial charge is 0.0497 e. The maximum absolute atomic E-state index is 2.51. The van der Waals surface area contributed by atoms with Crippen LogP contribution in [0.4, 0.5) is 0 Å². The lowest BCUT2D eigenvalue weighted by molar-refractivity contribution is 0.218. The second-order valence-corrected chi connectivity index (χ2v) is 10.8. The van der Waals surface area contributed by atoms with E-state index in [0.717, 1.165) is 6.67 Å². The molecule has 0 unspecified atom stereocenters. The Hall–Kier alpha value is 0.137. The zero-order valence-electron chi connectivity index (χ0n) is 10.9. The standard InChI is InChI=1S/C11H28N2Si/c1-7-9-14(5,6)10-8-13(4)11-12(2)3/h7-11H2,1-6H3. The molecule has 0 heterocycles. The predicted octanol–water partition coefficient (Wildman–Crippen LogP) is 2.56. The van der Waals surface area contributed by atoms with Crippen molar-refractivity contribution >= 4 is 8.07 Å². The molecule has 0 saturated carbocycles. The van der Waals surface area contributed by atoms with E-state index in [0.29, 0.717) is 0 Å². The van der Waals surface area contributed by atoms with Crippen molar-refractivity contribution in [2.45, 2.75) is 38.5 Å². The highest BCUT2D eigenvalue weighted by molar-refractivity contribution is 6.77. The van der Waals surface area contributed by atoms with Crippen LogP contribution in [0.25, 0.3) is 0 Å². The molecule has 0 aliphatic heterocycles. The van der Waals surface area contributed by atoms with Crippen molar-refractivity contribution in [3.05, 3.63) is 0 Å². The number of nitrogens with zero attached hydrogens (tertiary/aromatic N) is 2. The molecule has 0 aromatic carbocycles. The Labute approximate surface area is 91.3 Å². The molecule has 0 fully saturated rings.